The molecule has 0 atom stereocenters. The van der Waals surface area contributed by atoms with E-state index in [1.54, 1.807) is 6.20 Å². The molecule has 0 radical (unpaired) electrons. The lowest BCUT2D eigenvalue weighted by molar-refractivity contribution is 0.282. The Hall–Kier alpha value is -2.40. The molecule has 0 spiro atoms. The van der Waals surface area contributed by atoms with Gasteiger partial charge in [-0.15, -0.1) is 0 Å². The Balaban J connectivity index is 1.83. The predicted octanol–water partition coefficient (Wildman–Crippen LogP) is 2.49. The Kier molecular flexibility index (Phi) is 3.08. The van der Waals surface area contributed by atoms with E-state index >= 15 is 0 Å². The summed E-state index contributed by atoms with van der Waals surface area (Å²) >= 11 is 0. The summed E-state index contributed by atoms with van der Waals surface area (Å²) in [5, 5.41) is 9.16. The number of hydrogen-bond donors (Lipinski definition) is 1. The smallest absolute Gasteiger partial charge is 0.180 e. The zero-order valence-corrected chi connectivity index (χ0v) is 12.5. The highest BCUT2D eigenvalue weighted by molar-refractivity contribution is 5.70. The SMILES string of the molecule is CN(c1nc(-c2ccc(CO)cc2)cn2ccnc12)C1CC1. The quantitative estimate of drug-likeness (QED) is 0.803. The van der Waals surface area contributed by atoms with E-state index in [-0.39, 0.29) is 6.61 Å². The van der Waals surface area contributed by atoms with Crippen LogP contribution in [0.1, 0.15) is 18.4 Å². The van der Waals surface area contributed by atoms with Crippen LogP contribution in [0.25, 0.3) is 16.9 Å². The number of aromatic nitrogens is 3. The van der Waals surface area contributed by atoms with Crippen molar-refractivity contribution >= 4 is 11.5 Å². The van der Waals surface area contributed by atoms with Crippen molar-refractivity contribution in [3.8, 4) is 11.3 Å². The molecular formula is C17H18N4O. The van der Waals surface area contributed by atoms with Gasteiger partial charge in [0.25, 0.3) is 0 Å². The molecule has 0 amide bonds. The number of fused-ring (bicyclic) bond motifs is 1. The van der Waals surface area contributed by atoms with E-state index in [2.05, 4.69) is 16.9 Å². The van der Waals surface area contributed by atoms with Crippen molar-refractivity contribution in [3.63, 3.8) is 0 Å². The van der Waals surface area contributed by atoms with Gasteiger partial charge in [0.2, 0.25) is 0 Å². The fraction of sp³-hybridized carbons (Fsp3) is 0.294. The number of hydrogen-bond acceptors (Lipinski definition) is 4. The van der Waals surface area contributed by atoms with E-state index in [0.717, 1.165) is 28.3 Å². The van der Waals surface area contributed by atoms with Gasteiger partial charge < -0.3 is 14.4 Å². The molecule has 22 heavy (non-hydrogen) atoms. The third-order valence-corrected chi connectivity index (χ3v) is 4.22. The maximum Gasteiger partial charge on any atom is 0.180 e. The van der Waals surface area contributed by atoms with Crippen LogP contribution >= 0.6 is 0 Å². The molecule has 1 aliphatic carbocycles. The van der Waals surface area contributed by atoms with Gasteiger partial charge in [-0.05, 0) is 18.4 Å². The van der Waals surface area contributed by atoms with Crippen LogP contribution in [0.2, 0.25) is 0 Å². The molecule has 2 heterocycles. The number of aliphatic hydroxyl groups is 1. The molecule has 1 saturated carbocycles. The molecule has 4 rings (SSSR count). The normalized spacial score (nSPS) is 14.5. The Morgan fingerprint density at radius 1 is 1.27 bits per heavy atom. The van der Waals surface area contributed by atoms with E-state index < -0.39 is 0 Å². The molecule has 5 nitrogen and oxygen atoms in total. The molecular weight excluding hydrogens is 276 g/mol. The number of rotatable bonds is 4. The highest BCUT2D eigenvalue weighted by Crippen LogP contribution is 2.32. The van der Waals surface area contributed by atoms with Crippen molar-refractivity contribution in [2.45, 2.75) is 25.5 Å². The van der Waals surface area contributed by atoms with Crippen LogP contribution in [0, 0.1) is 0 Å². The molecule has 1 aliphatic rings. The first-order valence-corrected chi connectivity index (χ1v) is 7.53. The lowest BCUT2D eigenvalue weighted by Gasteiger charge is -2.19. The zero-order valence-electron chi connectivity index (χ0n) is 12.5. The third-order valence-electron chi connectivity index (χ3n) is 4.22. The minimum Gasteiger partial charge on any atom is -0.392 e. The first-order valence-electron chi connectivity index (χ1n) is 7.53. The minimum absolute atomic E-state index is 0.0595. The number of anilines is 1. The van der Waals surface area contributed by atoms with Crippen LogP contribution in [0.5, 0.6) is 0 Å². The summed E-state index contributed by atoms with van der Waals surface area (Å²) in [7, 11) is 2.09. The number of aliphatic hydroxyl groups excluding tert-OH is 1. The summed E-state index contributed by atoms with van der Waals surface area (Å²) in [5.41, 5.74) is 3.75. The van der Waals surface area contributed by atoms with Crippen LogP contribution in [0.15, 0.2) is 42.9 Å². The first-order chi connectivity index (χ1) is 10.8. The van der Waals surface area contributed by atoms with Crippen molar-refractivity contribution in [1.29, 1.82) is 0 Å². The molecule has 0 saturated heterocycles. The minimum atomic E-state index is 0.0595. The van der Waals surface area contributed by atoms with Crippen molar-refractivity contribution in [1.82, 2.24) is 14.4 Å². The molecule has 2 aromatic heterocycles. The van der Waals surface area contributed by atoms with E-state index in [1.807, 2.05) is 41.1 Å². The summed E-state index contributed by atoms with van der Waals surface area (Å²) < 4.78 is 2.02. The van der Waals surface area contributed by atoms with Crippen LogP contribution in [-0.4, -0.2) is 32.6 Å². The van der Waals surface area contributed by atoms with Crippen LogP contribution in [0.3, 0.4) is 0 Å². The largest absolute Gasteiger partial charge is 0.392 e. The molecule has 5 heteroatoms. The molecule has 112 valence electrons. The standard InChI is InChI=1S/C17H18N4O/c1-20(14-6-7-14)17-16-18-8-9-21(16)10-15(19-17)13-4-2-12(11-22)3-5-13/h2-5,8-10,14,22H,6-7,11H2,1H3. The third kappa shape index (κ3) is 2.23. The average Bonchev–Trinajstić information content (AvgIpc) is 3.31. The van der Waals surface area contributed by atoms with Gasteiger partial charge in [0.15, 0.2) is 11.5 Å². The molecule has 1 aromatic carbocycles. The van der Waals surface area contributed by atoms with Gasteiger partial charge in [0, 0.05) is 37.2 Å². The van der Waals surface area contributed by atoms with Gasteiger partial charge >= 0.3 is 0 Å². The van der Waals surface area contributed by atoms with Gasteiger partial charge in [-0.3, -0.25) is 0 Å². The highest BCUT2D eigenvalue weighted by atomic mass is 16.3. The van der Waals surface area contributed by atoms with Gasteiger partial charge in [-0.25, -0.2) is 9.97 Å². The Morgan fingerprint density at radius 3 is 2.73 bits per heavy atom. The summed E-state index contributed by atoms with van der Waals surface area (Å²) in [5.74, 6) is 0.927. The predicted molar refractivity (Wildman–Crippen MR) is 85.8 cm³/mol. The van der Waals surface area contributed by atoms with E-state index in [0.29, 0.717) is 6.04 Å². The molecule has 0 bridgehead atoms. The second kappa shape index (κ2) is 5.10. The molecule has 1 fully saturated rings. The lowest BCUT2D eigenvalue weighted by Crippen LogP contribution is -2.21. The van der Waals surface area contributed by atoms with Crippen molar-refractivity contribution in [3.05, 3.63) is 48.4 Å². The van der Waals surface area contributed by atoms with E-state index in [4.69, 9.17) is 10.1 Å². The highest BCUT2D eigenvalue weighted by Gasteiger charge is 2.29. The fourth-order valence-electron chi connectivity index (χ4n) is 2.71. The summed E-state index contributed by atoms with van der Waals surface area (Å²) in [6.07, 6.45) is 8.20. The zero-order chi connectivity index (χ0) is 15.1. The van der Waals surface area contributed by atoms with Gasteiger partial charge in [0.1, 0.15) is 0 Å². The number of benzene rings is 1. The van der Waals surface area contributed by atoms with Crippen molar-refractivity contribution in [2.24, 2.45) is 0 Å². The van der Waals surface area contributed by atoms with Crippen molar-refractivity contribution < 1.29 is 5.11 Å². The lowest BCUT2D eigenvalue weighted by atomic mass is 10.1. The summed E-state index contributed by atoms with van der Waals surface area (Å²) in [6.45, 7) is 0.0595. The second-order valence-electron chi connectivity index (χ2n) is 5.80. The number of nitrogens with zero attached hydrogens (tertiary/aromatic N) is 4. The second-order valence-corrected chi connectivity index (χ2v) is 5.80. The Bertz CT molecular complexity index is 805. The molecule has 1 N–H and O–H groups in total. The number of imidazole rings is 1. The maximum absolute atomic E-state index is 9.16. The summed E-state index contributed by atoms with van der Waals surface area (Å²) in [4.78, 5) is 11.5. The van der Waals surface area contributed by atoms with Gasteiger partial charge in [0.05, 0.1) is 12.3 Å². The maximum atomic E-state index is 9.16. The molecule has 0 aliphatic heterocycles. The van der Waals surface area contributed by atoms with E-state index in [9.17, 15) is 0 Å². The van der Waals surface area contributed by atoms with E-state index in [1.165, 1.54) is 12.8 Å². The first kappa shape index (κ1) is 13.3. The summed E-state index contributed by atoms with van der Waals surface area (Å²) in [6, 6.07) is 8.44. The monoisotopic (exact) mass is 294 g/mol. The molecule has 3 aromatic rings. The van der Waals surface area contributed by atoms with Crippen LogP contribution < -0.4 is 4.90 Å². The average molecular weight is 294 g/mol. The van der Waals surface area contributed by atoms with Crippen LogP contribution in [0.4, 0.5) is 5.82 Å². The molecule has 0 unspecified atom stereocenters. The Labute approximate surface area is 128 Å². The topological polar surface area (TPSA) is 53.7 Å². The van der Waals surface area contributed by atoms with Crippen molar-refractivity contribution in [2.75, 3.05) is 11.9 Å². The fourth-order valence-corrected chi connectivity index (χ4v) is 2.71. The van der Waals surface area contributed by atoms with Gasteiger partial charge in [-0.1, -0.05) is 24.3 Å². The van der Waals surface area contributed by atoms with Gasteiger partial charge in [-0.2, -0.15) is 0 Å². The Morgan fingerprint density at radius 2 is 2.05 bits per heavy atom. The van der Waals surface area contributed by atoms with Crippen LogP contribution in [-0.2, 0) is 6.61 Å².